The van der Waals surface area contributed by atoms with E-state index in [9.17, 15) is 0 Å². The average molecular weight is 238 g/mol. The maximum atomic E-state index is 3.49. The quantitative estimate of drug-likeness (QED) is 0.661. The van der Waals surface area contributed by atoms with Crippen molar-refractivity contribution in [2.45, 2.75) is 13.8 Å². The third-order valence-electron chi connectivity index (χ3n) is 2.77. The van der Waals surface area contributed by atoms with Gasteiger partial charge in [-0.15, -0.1) is 0 Å². The second-order valence-corrected chi connectivity index (χ2v) is 4.35. The summed E-state index contributed by atoms with van der Waals surface area (Å²) in [5, 5.41) is 1.35. The number of rotatable bonds is 0. The van der Waals surface area contributed by atoms with Crippen molar-refractivity contribution in [2.75, 3.05) is 0 Å². The third-order valence-corrected chi connectivity index (χ3v) is 3.26. The molecule has 0 unspecified atom stereocenters. The van der Waals surface area contributed by atoms with E-state index in [0.29, 0.717) is 0 Å². The molecule has 1 aromatic heterocycles. The summed E-state index contributed by atoms with van der Waals surface area (Å²) >= 11 is 3.49. The van der Waals surface area contributed by atoms with Gasteiger partial charge in [0.2, 0.25) is 0 Å². The van der Waals surface area contributed by atoms with Crippen LogP contribution in [-0.4, -0.2) is 4.57 Å². The van der Waals surface area contributed by atoms with Crippen molar-refractivity contribution >= 4 is 26.8 Å². The van der Waals surface area contributed by atoms with E-state index in [4.69, 9.17) is 0 Å². The largest absolute Gasteiger partial charge is 0.348 e. The van der Waals surface area contributed by atoms with E-state index in [1.54, 1.807) is 0 Å². The van der Waals surface area contributed by atoms with E-state index in [1.165, 1.54) is 22.2 Å². The predicted molar refractivity (Wildman–Crippen MR) is 60.1 cm³/mol. The minimum Gasteiger partial charge on any atom is -0.348 e. The lowest BCUT2D eigenvalue weighted by Crippen LogP contribution is -1.89. The van der Waals surface area contributed by atoms with Crippen molar-refractivity contribution in [3.63, 3.8) is 0 Å². The molecule has 2 rings (SSSR count). The van der Waals surface area contributed by atoms with Crippen LogP contribution in [0.15, 0.2) is 22.7 Å². The fourth-order valence-electron chi connectivity index (χ4n) is 1.73. The number of nitrogens with zero attached hydrogens (tertiary/aromatic N) is 1. The van der Waals surface area contributed by atoms with Crippen LogP contribution in [0.25, 0.3) is 10.9 Å². The van der Waals surface area contributed by atoms with Gasteiger partial charge in [0.15, 0.2) is 0 Å². The summed E-state index contributed by atoms with van der Waals surface area (Å²) in [6.45, 7) is 4.33. The summed E-state index contributed by atoms with van der Waals surface area (Å²) in [4.78, 5) is 0. The first-order valence-electron chi connectivity index (χ1n) is 4.32. The van der Waals surface area contributed by atoms with Crippen LogP contribution in [0.3, 0.4) is 0 Å². The van der Waals surface area contributed by atoms with Crippen LogP contribution in [0, 0.1) is 13.8 Å². The Morgan fingerprint density at radius 2 is 1.92 bits per heavy atom. The lowest BCUT2D eigenvalue weighted by Gasteiger charge is -1.98. The second kappa shape index (κ2) is 2.88. The number of hydrogen-bond acceptors (Lipinski definition) is 0. The molecule has 2 heteroatoms. The van der Waals surface area contributed by atoms with Crippen LogP contribution in [0.1, 0.15) is 11.3 Å². The summed E-state index contributed by atoms with van der Waals surface area (Å²) in [6, 6.07) is 6.42. The Balaban J connectivity index is 2.95. The van der Waals surface area contributed by atoms with Crippen LogP contribution >= 0.6 is 15.9 Å². The van der Waals surface area contributed by atoms with E-state index in [2.05, 4.69) is 59.6 Å². The molecule has 0 amide bonds. The van der Waals surface area contributed by atoms with Gasteiger partial charge in [-0.3, -0.25) is 0 Å². The molecule has 0 fully saturated rings. The number of fused-ring (bicyclic) bond motifs is 1. The zero-order valence-corrected chi connectivity index (χ0v) is 9.64. The molecule has 0 aliphatic heterocycles. The molecule has 0 saturated carbocycles. The van der Waals surface area contributed by atoms with Crippen molar-refractivity contribution in [1.29, 1.82) is 0 Å². The predicted octanol–water partition coefficient (Wildman–Crippen LogP) is 3.56. The molecule has 0 spiro atoms. The summed E-state index contributed by atoms with van der Waals surface area (Å²) in [7, 11) is 2.11. The minimum atomic E-state index is 1.14. The highest BCUT2D eigenvalue weighted by Crippen LogP contribution is 2.26. The summed E-state index contributed by atoms with van der Waals surface area (Å²) in [5.41, 5.74) is 4.02. The van der Waals surface area contributed by atoms with Gasteiger partial charge in [-0.1, -0.05) is 22.0 Å². The van der Waals surface area contributed by atoms with Crippen LogP contribution in [0.4, 0.5) is 0 Å². The van der Waals surface area contributed by atoms with Gasteiger partial charge in [-0.05, 0) is 31.5 Å². The van der Waals surface area contributed by atoms with Gasteiger partial charge >= 0.3 is 0 Å². The smallest absolute Gasteiger partial charge is 0.0493 e. The molecule has 0 atom stereocenters. The van der Waals surface area contributed by atoms with E-state index < -0.39 is 0 Å². The number of hydrogen-bond donors (Lipinski definition) is 0. The van der Waals surface area contributed by atoms with E-state index in [0.717, 1.165) is 4.47 Å². The Kier molecular flexibility index (Phi) is 1.95. The number of halogens is 1. The highest BCUT2D eigenvalue weighted by Gasteiger charge is 2.07. The van der Waals surface area contributed by atoms with Crippen molar-refractivity contribution in [3.8, 4) is 0 Å². The summed E-state index contributed by atoms with van der Waals surface area (Å²) in [5.74, 6) is 0. The standard InChI is InChI=1S/C11H12BrN/c1-7-8(2)13(3)11-6-9(12)4-5-10(7)11/h4-6H,1-3H3. The van der Waals surface area contributed by atoms with Crippen LogP contribution in [-0.2, 0) is 7.05 Å². The molecular formula is C11H12BrN. The van der Waals surface area contributed by atoms with Gasteiger partial charge in [0.1, 0.15) is 0 Å². The molecule has 0 saturated heterocycles. The SMILES string of the molecule is Cc1c(C)n(C)c2cc(Br)ccc12. The number of aryl methyl sites for hydroxylation is 2. The molecule has 0 bridgehead atoms. The molecule has 13 heavy (non-hydrogen) atoms. The fourth-order valence-corrected chi connectivity index (χ4v) is 2.08. The Labute approximate surface area is 86.5 Å². The Morgan fingerprint density at radius 3 is 2.62 bits per heavy atom. The van der Waals surface area contributed by atoms with Crippen molar-refractivity contribution in [1.82, 2.24) is 4.57 Å². The molecule has 0 radical (unpaired) electrons. The van der Waals surface area contributed by atoms with Crippen molar-refractivity contribution < 1.29 is 0 Å². The number of aromatic nitrogens is 1. The topological polar surface area (TPSA) is 4.93 Å². The van der Waals surface area contributed by atoms with Gasteiger partial charge in [0.25, 0.3) is 0 Å². The van der Waals surface area contributed by atoms with Gasteiger partial charge in [0.05, 0.1) is 0 Å². The zero-order valence-electron chi connectivity index (χ0n) is 8.06. The van der Waals surface area contributed by atoms with Gasteiger partial charge < -0.3 is 4.57 Å². The Hall–Kier alpha value is -0.760. The first-order chi connectivity index (χ1) is 6.11. The van der Waals surface area contributed by atoms with Gasteiger partial charge in [0, 0.05) is 28.1 Å². The van der Waals surface area contributed by atoms with E-state index in [1.807, 2.05) is 0 Å². The maximum Gasteiger partial charge on any atom is 0.0493 e. The van der Waals surface area contributed by atoms with Crippen LogP contribution in [0.5, 0.6) is 0 Å². The minimum absolute atomic E-state index is 1.14. The Bertz CT molecular complexity index is 468. The monoisotopic (exact) mass is 237 g/mol. The maximum absolute atomic E-state index is 3.49. The molecule has 0 aliphatic rings. The fraction of sp³-hybridized carbons (Fsp3) is 0.273. The summed E-state index contributed by atoms with van der Waals surface area (Å²) in [6.07, 6.45) is 0. The van der Waals surface area contributed by atoms with Gasteiger partial charge in [-0.2, -0.15) is 0 Å². The summed E-state index contributed by atoms with van der Waals surface area (Å²) < 4.78 is 3.37. The lowest BCUT2D eigenvalue weighted by atomic mass is 10.2. The molecule has 68 valence electrons. The van der Waals surface area contributed by atoms with Crippen molar-refractivity contribution in [3.05, 3.63) is 33.9 Å². The zero-order chi connectivity index (χ0) is 9.59. The first kappa shape index (κ1) is 8.82. The molecule has 1 heterocycles. The molecule has 1 nitrogen and oxygen atoms in total. The van der Waals surface area contributed by atoms with E-state index >= 15 is 0 Å². The van der Waals surface area contributed by atoms with Crippen molar-refractivity contribution in [2.24, 2.45) is 7.05 Å². The molecule has 1 aromatic carbocycles. The Morgan fingerprint density at radius 1 is 1.23 bits per heavy atom. The van der Waals surface area contributed by atoms with Gasteiger partial charge in [-0.25, -0.2) is 0 Å². The van der Waals surface area contributed by atoms with Crippen LogP contribution < -0.4 is 0 Å². The highest BCUT2D eigenvalue weighted by atomic mass is 79.9. The first-order valence-corrected chi connectivity index (χ1v) is 5.11. The highest BCUT2D eigenvalue weighted by molar-refractivity contribution is 9.10. The molecule has 0 aliphatic carbocycles. The molecule has 0 N–H and O–H groups in total. The molecular weight excluding hydrogens is 226 g/mol. The molecule has 2 aromatic rings. The average Bonchev–Trinajstić information content (AvgIpc) is 2.32. The van der Waals surface area contributed by atoms with Crippen LogP contribution in [0.2, 0.25) is 0 Å². The normalized spacial score (nSPS) is 11.1. The number of benzene rings is 1. The second-order valence-electron chi connectivity index (χ2n) is 3.43. The third kappa shape index (κ3) is 1.20. The van der Waals surface area contributed by atoms with E-state index in [-0.39, 0.29) is 0 Å². The lowest BCUT2D eigenvalue weighted by molar-refractivity contribution is 0.910.